The molecule has 0 N–H and O–H groups in total. The second kappa shape index (κ2) is 9.30. The number of hydrogen-bond donors (Lipinski definition) is 0. The van der Waals surface area contributed by atoms with E-state index in [1.165, 1.54) is 16.6 Å². The van der Waals surface area contributed by atoms with E-state index in [-0.39, 0.29) is 10.8 Å². The summed E-state index contributed by atoms with van der Waals surface area (Å²) in [5.41, 5.74) is 2.15. The lowest BCUT2D eigenvalue weighted by atomic mass is 10.1. The third-order valence-corrected chi connectivity index (χ3v) is 7.66. The van der Waals surface area contributed by atoms with E-state index in [0.29, 0.717) is 38.2 Å². The molecule has 0 atom stereocenters. The van der Waals surface area contributed by atoms with Gasteiger partial charge in [-0.3, -0.25) is 4.79 Å². The van der Waals surface area contributed by atoms with Gasteiger partial charge >= 0.3 is 0 Å². The number of rotatable bonds is 8. The zero-order chi connectivity index (χ0) is 22.7. The molecule has 8 nitrogen and oxygen atoms in total. The summed E-state index contributed by atoms with van der Waals surface area (Å²) in [6.07, 6.45) is 4.62. The van der Waals surface area contributed by atoms with Crippen molar-refractivity contribution in [3.8, 4) is 11.3 Å². The van der Waals surface area contributed by atoms with Crippen molar-refractivity contribution in [3.63, 3.8) is 0 Å². The van der Waals surface area contributed by atoms with Crippen LogP contribution in [0, 0.1) is 0 Å². The maximum atomic E-state index is 12.9. The van der Waals surface area contributed by atoms with Crippen LogP contribution in [0.5, 0.6) is 0 Å². The monoisotopic (exact) mass is 456 g/mol. The van der Waals surface area contributed by atoms with Gasteiger partial charge in [-0.05, 0) is 25.3 Å². The van der Waals surface area contributed by atoms with Gasteiger partial charge in [0.1, 0.15) is 22.0 Å². The van der Waals surface area contributed by atoms with E-state index in [2.05, 4.69) is 5.16 Å². The van der Waals surface area contributed by atoms with Gasteiger partial charge in [0.15, 0.2) is 0 Å². The van der Waals surface area contributed by atoms with Gasteiger partial charge in [0.05, 0.1) is 0 Å². The molecule has 1 aromatic carbocycles. The van der Waals surface area contributed by atoms with E-state index >= 15 is 0 Å². The summed E-state index contributed by atoms with van der Waals surface area (Å²) in [5.74, 6) is 0.556. The highest BCUT2D eigenvalue weighted by molar-refractivity contribution is 7.89. The maximum Gasteiger partial charge on any atom is 0.270 e. The number of amides is 1. The van der Waals surface area contributed by atoms with Crippen LogP contribution in [0.15, 0.2) is 58.1 Å². The summed E-state index contributed by atoms with van der Waals surface area (Å²) < 4.78 is 34.1. The molecule has 0 bridgehead atoms. The minimum absolute atomic E-state index is 0.175. The minimum atomic E-state index is -3.55. The normalized spacial score (nSPS) is 14.7. The number of hydrogen-bond acceptors (Lipinski definition) is 5. The van der Waals surface area contributed by atoms with Crippen molar-refractivity contribution in [2.24, 2.45) is 7.05 Å². The quantitative estimate of drug-likeness (QED) is 0.519. The Bertz CT molecular complexity index is 1180. The van der Waals surface area contributed by atoms with E-state index in [9.17, 15) is 13.2 Å². The molecule has 1 aliphatic rings. The summed E-state index contributed by atoms with van der Waals surface area (Å²) >= 11 is 0. The van der Waals surface area contributed by atoms with Crippen molar-refractivity contribution < 1.29 is 17.7 Å². The van der Waals surface area contributed by atoms with Crippen LogP contribution < -0.4 is 0 Å². The molecule has 1 aliphatic heterocycles. The van der Waals surface area contributed by atoms with Gasteiger partial charge in [-0.15, -0.1) is 0 Å². The van der Waals surface area contributed by atoms with Gasteiger partial charge < -0.3 is 14.0 Å². The summed E-state index contributed by atoms with van der Waals surface area (Å²) in [6.45, 7) is 1.58. The number of benzene rings is 1. The molecule has 0 unspecified atom stereocenters. The Morgan fingerprint density at radius 3 is 2.59 bits per heavy atom. The van der Waals surface area contributed by atoms with Gasteiger partial charge in [0.25, 0.3) is 5.91 Å². The molecule has 1 fully saturated rings. The predicted molar refractivity (Wildman–Crippen MR) is 121 cm³/mol. The molecule has 3 aromatic rings. The van der Waals surface area contributed by atoms with Crippen molar-refractivity contribution in [1.82, 2.24) is 18.9 Å². The zero-order valence-electron chi connectivity index (χ0n) is 18.4. The molecule has 32 heavy (non-hydrogen) atoms. The molecular formula is C23H28N4O4S. The van der Waals surface area contributed by atoms with Crippen molar-refractivity contribution in [1.29, 1.82) is 0 Å². The lowest BCUT2D eigenvalue weighted by Gasteiger charge is -2.17. The highest BCUT2D eigenvalue weighted by Gasteiger charge is 2.30. The van der Waals surface area contributed by atoms with Crippen molar-refractivity contribution in [2.75, 3.05) is 26.7 Å². The van der Waals surface area contributed by atoms with Crippen LogP contribution in [0.1, 0.15) is 35.5 Å². The molecular weight excluding hydrogens is 428 g/mol. The second-order valence-corrected chi connectivity index (χ2v) is 10.1. The van der Waals surface area contributed by atoms with Gasteiger partial charge in [0.2, 0.25) is 10.0 Å². The average molecular weight is 457 g/mol. The highest BCUT2D eigenvalue weighted by Crippen LogP contribution is 2.23. The fraction of sp³-hybridized carbons (Fsp3) is 0.391. The van der Waals surface area contributed by atoms with Gasteiger partial charge in [-0.1, -0.05) is 35.5 Å². The van der Waals surface area contributed by atoms with Crippen LogP contribution in [-0.2, 0) is 23.5 Å². The third-order valence-electron chi connectivity index (χ3n) is 5.79. The van der Waals surface area contributed by atoms with Gasteiger partial charge in [-0.2, -0.15) is 4.31 Å². The smallest absolute Gasteiger partial charge is 0.270 e. The molecule has 170 valence electrons. The lowest BCUT2D eigenvalue weighted by Crippen LogP contribution is -2.29. The second-order valence-electron chi connectivity index (χ2n) is 8.16. The standard InChI is InChI=1S/C23H28N4O4S/c1-25(12-8-11-19-15-21(24-31-19)18-9-4-3-5-10-18)23(28)22-16-20(17-26(22)2)32(29,30)27-13-6-7-14-27/h3-5,9-10,15-17H,6-8,11-14H2,1-2H3. The number of nitrogens with zero attached hydrogens (tertiary/aromatic N) is 4. The molecule has 0 spiro atoms. The Morgan fingerprint density at radius 1 is 1.16 bits per heavy atom. The largest absolute Gasteiger partial charge is 0.361 e. The maximum absolute atomic E-state index is 12.9. The van der Waals surface area contributed by atoms with E-state index < -0.39 is 10.0 Å². The number of carbonyl (C=O) groups is 1. The molecule has 9 heteroatoms. The Kier molecular flexibility index (Phi) is 6.48. The summed E-state index contributed by atoms with van der Waals surface area (Å²) in [7, 11) is -0.131. The zero-order valence-corrected chi connectivity index (χ0v) is 19.2. The SMILES string of the molecule is CN(CCCc1cc(-c2ccccc2)no1)C(=O)c1cc(S(=O)(=O)N2CCCC2)cn1C. The molecule has 3 heterocycles. The Hall–Kier alpha value is -2.91. The summed E-state index contributed by atoms with van der Waals surface area (Å²) in [6, 6.07) is 13.2. The van der Waals surface area contributed by atoms with Crippen LogP contribution in [0.4, 0.5) is 0 Å². The fourth-order valence-electron chi connectivity index (χ4n) is 3.93. The first-order valence-corrected chi connectivity index (χ1v) is 12.2. The van der Waals surface area contributed by atoms with Crippen LogP contribution in [0.25, 0.3) is 11.3 Å². The van der Waals surface area contributed by atoms with Crippen LogP contribution in [0.2, 0.25) is 0 Å². The van der Waals surface area contributed by atoms with Gasteiger partial charge in [0, 0.05) is 58.0 Å². The summed E-state index contributed by atoms with van der Waals surface area (Å²) in [4.78, 5) is 14.7. The molecule has 1 amide bonds. The van der Waals surface area contributed by atoms with E-state index in [4.69, 9.17) is 4.52 Å². The topological polar surface area (TPSA) is 88.7 Å². The predicted octanol–water partition coefficient (Wildman–Crippen LogP) is 3.17. The lowest BCUT2D eigenvalue weighted by molar-refractivity contribution is 0.0783. The van der Waals surface area contributed by atoms with Crippen LogP contribution in [0.3, 0.4) is 0 Å². The minimum Gasteiger partial charge on any atom is -0.361 e. The molecule has 0 radical (unpaired) electrons. The Balaban J connectivity index is 1.35. The molecule has 0 saturated carbocycles. The first-order valence-electron chi connectivity index (χ1n) is 10.8. The first-order chi connectivity index (χ1) is 15.4. The summed E-state index contributed by atoms with van der Waals surface area (Å²) in [5, 5.41) is 4.12. The Morgan fingerprint density at radius 2 is 1.88 bits per heavy atom. The van der Waals surface area contributed by atoms with Crippen molar-refractivity contribution >= 4 is 15.9 Å². The number of carbonyl (C=O) groups excluding carboxylic acids is 1. The number of sulfonamides is 1. The van der Waals surface area contributed by atoms with Gasteiger partial charge in [-0.25, -0.2) is 8.42 Å². The van der Waals surface area contributed by atoms with Crippen LogP contribution in [-0.4, -0.2) is 59.9 Å². The van der Waals surface area contributed by atoms with Crippen molar-refractivity contribution in [2.45, 2.75) is 30.6 Å². The molecule has 1 saturated heterocycles. The van der Waals surface area contributed by atoms with Crippen LogP contribution >= 0.6 is 0 Å². The Labute approximate surface area is 188 Å². The van der Waals surface area contributed by atoms with E-state index in [0.717, 1.165) is 29.9 Å². The van der Waals surface area contributed by atoms with Crippen molar-refractivity contribution in [3.05, 3.63) is 60.1 Å². The highest BCUT2D eigenvalue weighted by atomic mass is 32.2. The molecule has 2 aromatic heterocycles. The third kappa shape index (κ3) is 4.63. The number of aryl methyl sites for hydroxylation is 2. The fourth-order valence-corrected chi connectivity index (χ4v) is 5.52. The average Bonchev–Trinajstić information content (AvgIpc) is 3.55. The number of aromatic nitrogens is 2. The molecule has 4 rings (SSSR count). The first kappa shape index (κ1) is 22.3. The molecule has 0 aliphatic carbocycles. The van der Waals surface area contributed by atoms with E-state index in [1.54, 1.807) is 23.6 Å². The van der Waals surface area contributed by atoms with E-state index in [1.807, 2.05) is 36.4 Å².